The van der Waals surface area contributed by atoms with Crippen LogP contribution in [0, 0.1) is 13.8 Å². The first-order valence-corrected chi connectivity index (χ1v) is 24.0. The van der Waals surface area contributed by atoms with E-state index in [-0.39, 0.29) is 37.0 Å². The van der Waals surface area contributed by atoms with Crippen molar-refractivity contribution in [2.24, 2.45) is 0 Å². The normalized spacial score (nSPS) is 11.9. The number of rotatable bonds is 16. The van der Waals surface area contributed by atoms with Crippen LogP contribution in [0.15, 0.2) is 146 Å². The number of hydrogen-bond acceptors (Lipinski definition) is 7. The van der Waals surface area contributed by atoms with E-state index in [0.29, 0.717) is 9.75 Å². The fraction of sp³-hybridized carbons (Fsp3) is 0.200. The monoisotopic (exact) mass is 840 g/mol. The van der Waals surface area contributed by atoms with Crippen LogP contribution in [0.1, 0.15) is 38.8 Å². The molecule has 0 fully saturated rings. The standard InChI is InChI=1S/C50H50O6P2S/c1-7-53-57(51,54-8-2)47-48(58(52,55-9-3)56-10-4)50(46-33-29-44(30-34-46)42-25-21-40(22-26-42)38-17-13-36(6)14-18-38)59-49(47)45-31-27-43(28-32-45)41-23-19-39(20-24-41)37-15-11-35(5)12-16-37/h11-34H,7-10H2,1-6H3. The predicted octanol–water partition coefficient (Wildman–Crippen LogP) is 14.1. The van der Waals surface area contributed by atoms with Crippen LogP contribution in [0.2, 0.25) is 0 Å². The second kappa shape index (κ2) is 18.7. The van der Waals surface area contributed by atoms with Crippen LogP contribution < -0.4 is 10.6 Å². The maximum atomic E-state index is 15.1. The molecule has 6 nitrogen and oxygen atoms in total. The van der Waals surface area contributed by atoms with Gasteiger partial charge in [0, 0.05) is 0 Å². The van der Waals surface area contributed by atoms with Crippen molar-refractivity contribution in [1.82, 2.24) is 0 Å². The molecule has 0 saturated carbocycles. The summed E-state index contributed by atoms with van der Waals surface area (Å²) in [7, 11) is -8.15. The van der Waals surface area contributed by atoms with Crippen LogP contribution >= 0.6 is 26.5 Å². The highest BCUT2D eigenvalue weighted by Crippen LogP contribution is 2.59. The summed E-state index contributed by atoms with van der Waals surface area (Å²) in [4.78, 5) is 1.24. The van der Waals surface area contributed by atoms with E-state index in [1.54, 1.807) is 27.7 Å². The molecule has 0 unspecified atom stereocenters. The molecule has 0 spiro atoms. The van der Waals surface area contributed by atoms with Gasteiger partial charge in [0.05, 0.1) is 46.8 Å². The van der Waals surface area contributed by atoms with Crippen LogP contribution in [0.5, 0.6) is 0 Å². The van der Waals surface area contributed by atoms with Crippen molar-refractivity contribution < 1.29 is 27.2 Å². The van der Waals surface area contributed by atoms with E-state index in [9.17, 15) is 0 Å². The topological polar surface area (TPSA) is 71.1 Å². The molecule has 0 radical (unpaired) electrons. The Morgan fingerprint density at radius 1 is 0.339 bits per heavy atom. The summed E-state index contributed by atoms with van der Waals surface area (Å²) < 4.78 is 54.4. The average molecular weight is 841 g/mol. The third kappa shape index (κ3) is 9.23. The highest BCUT2D eigenvalue weighted by atomic mass is 32.1. The summed E-state index contributed by atoms with van der Waals surface area (Å²) in [5.41, 5.74) is 12.8. The number of aryl methyl sites for hydroxylation is 2. The highest BCUT2D eigenvalue weighted by molar-refractivity contribution is 7.70. The Bertz CT molecular complexity index is 2380. The van der Waals surface area contributed by atoms with Crippen LogP contribution in [-0.4, -0.2) is 26.4 Å². The fourth-order valence-electron chi connectivity index (χ4n) is 7.16. The van der Waals surface area contributed by atoms with Gasteiger partial charge in [-0.15, -0.1) is 11.3 Å². The molecule has 0 aliphatic carbocycles. The molecule has 1 aromatic heterocycles. The molecule has 0 bridgehead atoms. The molecule has 0 saturated heterocycles. The molecule has 7 aromatic rings. The fourth-order valence-corrected chi connectivity index (χ4v) is 13.6. The van der Waals surface area contributed by atoms with Crippen molar-refractivity contribution >= 4 is 37.1 Å². The lowest BCUT2D eigenvalue weighted by atomic mass is 9.99. The van der Waals surface area contributed by atoms with Crippen LogP contribution in [0.4, 0.5) is 0 Å². The summed E-state index contributed by atoms with van der Waals surface area (Å²) in [6.07, 6.45) is 0. The quantitative estimate of drug-likeness (QED) is 0.0903. The van der Waals surface area contributed by atoms with E-state index < -0.39 is 15.2 Å². The van der Waals surface area contributed by atoms with Crippen LogP contribution in [0.25, 0.3) is 65.4 Å². The molecule has 0 aliphatic heterocycles. The molecule has 302 valence electrons. The summed E-state index contributed by atoms with van der Waals surface area (Å²) in [5.74, 6) is 0. The lowest BCUT2D eigenvalue weighted by molar-refractivity contribution is 0.226. The number of hydrogen-bond donors (Lipinski definition) is 0. The molecular formula is C50H50O6P2S. The van der Waals surface area contributed by atoms with Gasteiger partial charge in [0.15, 0.2) is 0 Å². The molecule has 0 N–H and O–H groups in total. The van der Waals surface area contributed by atoms with Gasteiger partial charge in [-0.25, -0.2) is 0 Å². The molecule has 9 heteroatoms. The molecular weight excluding hydrogens is 791 g/mol. The van der Waals surface area contributed by atoms with Gasteiger partial charge in [-0.3, -0.25) is 9.13 Å². The Morgan fingerprint density at radius 3 is 0.729 bits per heavy atom. The third-order valence-electron chi connectivity index (χ3n) is 10.1. The molecule has 0 atom stereocenters. The Balaban J connectivity index is 1.33. The predicted molar refractivity (Wildman–Crippen MR) is 247 cm³/mol. The van der Waals surface area contributed by atoms with Crippen molar-refractivity contribution in [1.29, 1.82) is 0 Å². The minimum atomic E-state index is -4.08. The Hall–Kier alpha value is -4.68. The second-order valence-electron chi connectivity index (χ2n) is 14.2. The largest absolute Gasteiger partial charge is 0.363 e. The summed E-state index contributed by atoms with van der Waals surface area (Å²) in [6, 6.07) is 50.3. The maximum absolute atomic E-state index is 15.1. The first-order chi connectivity index (χ1) is 28.6. The number of thiophene rings is 1. The maximum Gasteiger partial charge on any atom is 0.363 e. The smallest absolute Gasteiger partial charge is 0.305 e. The molecule has 6 aromatic carbocycles. The van der Waals surface area contributed by atoms with E-state index in [4.69, 9.17) is 18.1 Å². The van der Waals surface area contributed by atoms with E-state index in [0.717, 1.165) is 44.5 Å². The van der Waals surface area contributed by atoms with Crippen molar-refractivity contribution in [3.05, 3.63) is 157 Å². The zero-order valence-corrected chi connectivity index (χ0v) is 37.0. The third-order valence-corrected chi connectivity index (χ3v) is 16.3. The SMILES string of the molecule is CCOP(=O)(OCC)c1c(-c2ccc(-c3ccc(-c4ccc(C)cc4)cc3)cc2)sc(-c2ccc(-c3ccc(-c4ccc(C)cc4)cc3)cc2)c1P(=O)(OCC)OCC. The second-order valence-corrected chi connectivity index (χ2v) is 19.1. The highest BCUT2D eigenvalue weighted by Gasteiger charge is 2.45. The number of benzene rings is 6. The Labute approximate surface area is 352 Å². The summed E-state index contributed by atoms with van der Waals surface area (Å²) in [6.45, 7) is 11.7. The van der Waals surface area contributed by atoms with E-state index in [2.05, 4.69) is 135 Å². The molecule has 7 rings (SSSR count). The minimum Gasteiger partial charge on any atom is -0.305 e. The van der Waals surface area contributed by atoms with Gasteiger partial charge < -0.3 is 18.1 Å². The van der Waals surface area contributed by atoms with Gasteiger partial charge in [-0.1, -0.05) is 157 Å². The lowest BCUT2D eigenvalue weighted by Crippen LogP contribution is -2.28. The van der Waals surface area contributed by atoms with Crippen molar-refractivity contribution in [3.8, 4) is 65.4 Å². The zero-order valence-electron chi connectivity index (χ0n) is 34.4. The zero-order chi connectivity index (χ0) is 41.6. The Morgan fingerprint density at radius 2 is 0.525 bits per heavy atom. The van der Waals surface area contributed by atoms with Gasteiger partial charge in [0.25, 0.3) is 0 Å². The lowest BCUT2D eigenvalue weighted by Gasteiger charge is -2.24. The average Bonchev–Trinajstić information content (AvgIpc) is 3.68. The van der Waals surface area contributed by atoms with E-state index in [1.807, 2.05) is 24.3 Å². The minimum absolute atomic E-state index is 0.115. The van der Waals surface area contributed by atoms with Gasteiger partial charge in [-0.2, -0.15) is 0 Å². The first-order valence-electron chi connectivity index (χ1n) is 20.1. The van der Waals surface area contributed by atoms with Gasteiger partial charge >= 0.3 is 15.2 Å². The molecule has 0 aliphatic rings. The molecule has 1 heterocycles. The molecule has 59 heavy (non-hydrogen) atoms. The Kier molecular flexibility index (Phi) is 13.5. The van der Waals surface area contributed by atoms with Crippen LogP contribution in [0.3, 0.4) is 0 Å². The van der Waals surface area contributed by atoms with Crippen molar-refractivity contribution in [3.63, 3.8) is 0 Å². The van der Waals surface area contributed by atoms with Gasteiger partial charge in [-0.05, 0) is 97.2 Å². The van der Waals surface area contributed by atoms with Crippen molar-refractivity contribution in [2.75, 3.05) is 26.4 Å². The summed E-state index contributed by atoms with van der Waals surface area (Å²) in [5, 5.41) is 0.440. The van der Waals surface area contributed by atoms with Crippen molar-refractivity contribution in [2.45, 2.75) is 41.5 Å². The van der Waals surface area contributed by atoms with Gasteiger partial charge in [0.2, 0.25) is 0 Å². The van der Waals surface area contributed by atoms with E-state index in [1.165, 1.54) is 33.6 Å². The van der Waals surface area contributed by atoms with E-state index >= 15 is 9.13 Å². The summed E-state index contributed by atoms with van der Waals surface area (Å²) >= 11 is 1.39. The van der Waals surface area contributed by atoms with Crippen LogP contribution in [-0.2, 0) is 27.2 Å². The first kappa shape index (κ1) is 42.4. The van der Waals surface area contributed by atoms with Gasteiger partial charge in [0.1, 0.15) is 0 Å². The molecule has 0 amide bonds.